The molecular weight excluding hydrogens is 472 g/mol. The van der Waals surface area contributed by atoms with E-state index in [-0.39, 0.29) is 5.56 Å². The summed E-state index contributed by atoms with van der Waals surface area (Å²) >= 11 is 0. The maximum absolute atomic E-state index is 13.4. The van der Waals surface area contributed by atoms with Crippen LogP contribution < -0.4 is 0 Å². The van der Waals surface area contributed by atoms with Gasteiger partial charge < -0.3 is 50.7 Å². The lowest BCUT2D eigenvalue weighted by Gasteiger charge is -2.40. The second kappa shape index (κ2) is 8.18. The van der Waals surface area contributed by atoms with Gasteiger partial charge in [0.05, 0.1) is 23.3 Å². The number of carbonyl (C=O) groups is 3. The van der Waals surface area contributed by atoms with Crippen molar-refractivity contribution in [2.75, 3.05) is 6.61 Å². The lowest BCUT2D eigenvalue weighted by Crippen LogP contribution is -2.55. The monoisotopic (exact) mass is 492 g/mol. The molecule has 5 atom stereocenters. The van der Waals surface area contributed by atoms with E-state index in [0.29, 0.717) is 6.07 Å². The first kappa shape index (κ1) is 24.4. The molecule has 1 aliphatic heterocycles. The van der Waals surface area contributed by atoms with Gasteiger partial charge in [-0.05, 0) is 18.6 Å². The van der Waals surface area contributed by atoms with Gasteiger partial charge in [-0.3, -0.25) is 9.59 Å². The number of aliphatic hydroxyl groups is 4. The van der Waals surface area contributed by atoms with E-state index in [1.54, 1.807) is 0 Å². The van der Waals surface area contributed by atoms with Gasteiger partial charge >= 0.3 is 5.97 Å². The van der Waals surface area contributed by atoms with Gasteiger partial charge in [-0.1, -0.05) is 0 Å². The molecule has 0 saturated carbocycles. The van der Waals surface area contributed by atoms with E-state index in [9.17, 15) is 60.3 Å². The molecule has 0 bridgehead atoms. The Bertz CT molecular complexity index is 1300. The third-order valence-electron chi connectivity index (χ3n) is 6.33. The fraction of sp³-hybridized carbons (Fsp3) is 0.318. The summed E-state index contributed by atoms with van der Waals surface area (Å²) in [7, 11) is 0. The molecule has 1 unspecified atom stereocenters. The normalized spacial score (nSPS) is 25.8. The minimum absolute atomic E-state index is 0.308. The zero-order valence-corrected chi connectivity index (χ0v) is 17.8. The van der Waals surface area contributed by atoms with Crippen LogP contribution in [0.2, 0.25) is 0 Å². The van der Waals surface area contributed by atoms with E-state index in [0.717, 1.165) is 6.92 Å². The summed E-state index contributed by atoms with van der Waals surface area (Å²) in [6.07, 6.45) is -9.12. The molecule has 13 nitrogen and oxygen atoms in total. The van der Waals surface area contributed by atoms with Crippen LogP contribution in [-0.4, -0.2) is 94.5 Å². The molecular formula is C22H20O13. The molecule has 186 valence electrons. The molecule has 2 aromatic rings. The van der Waals surface area contributed by atoms with Crippen molar-refractivity contribution in [3.63, 3.8) is 0 Å². The molecule has 0 spiro atoms. The number of rotatable bonds is 3. The molecule has 0 amide bonds. The van der Waals surface area contributed by atoms with Crippen molar-refractivity contribution in [2.45, 2.75) is 37.4 Å². The van der Waals surface area contributed by atoms with Crippen molar-refractivity contribution in [3.05, 3.63) is 45.0 Å². The number of fused-ring (bicyclic) bond motifs is 2. The molecule has 13 heteroatoms. The molecule has 9 N–H and O–H groups in total. The van der Waals surface area contributed by atoms with Crippen LogP contribution in [0.4, 0.5) is 0 Å². The Morgan fingerprint density at radius 3 is 2.06 bits per heavy atom. The van der Waals surface area contributed by atoms with Gasteiger partial charge in [0.15, 0.2) is 23.1 Å². The maximum atomic E-state index is 13.4. The number of carbonyl (C=O) groups excluding carboxylic acids is 2. The predicted octanol–water partition coefficient (Wildman–Crippen LogP) is -1.19. The Morgan fingerprint density at radius 1 is 0.886 bits per heavy atom. The topological polar surface area (TPSA) is 243 Å². The third kappa shape index (κ3) is 3.25. The fourth-order valence-corrected chi connectivity index (χ4v) is 4.58. The number of aromatic hydroxyl groups is 4. The van der Waals surface area contributed by atoms with E-state index in [1.165, 1.54) is 0 Å². The van der Waals surface area contributed by atoms with Crippen LogP contribution in [0.15, 0.2) is 6.07 Å². The average molecular weight is 492 g/mol. The van der Waals surface area contributed by atoms with Crippen LogP contribution in [0.1, 0.15) is 59.4 Å². The highest BCUT2D eigenvalue weighted by atomic mass is 16.5. The van der Waals surface area contributed by atoms with E-state index in [2.05, 4.69) is 0 Å². The van der Waals surface area contributed by atoms with Gasteiger partial charge in [0.2, 0.25) is 0 Å². The summed E-state index contributed by atoms with van der Waals surface area (Å²) in [6, 6.07) is 0.716. The number of phenols is 4. The van der Waals surface area contributed by atoms with Crippen molar-refractivity contribution in [3.8, 4) is 23.0 Å². The molecule has 4 rings (SSSR count). The summed E-state index contributed by atoms with van der Waals surface area (Å²) in [5.74, 6) is -8.24. The number of hydrogen-bond donors (Lipinski definition) is 9. The first-order chi connectivity index (χ1) is 16.3. The summed E-state index contributed by atoms with van der Waals surface area (Å²) in [6.45, 7) is 0.291. The maximum Gasteiger partial charge on any atom is 0.339 e. The Kier molecular flexibility index (Phi) is 5.70. The van der Waals surface area contributed by atoms with Gasteiger partial charge in [0, 0.05) is 11.1 Å². The number of benzene rings is 2. The first-order valence-corrected chi connectivity index (χ1v) is 10.2. The van der Waals surface area contributed by atoms with Crippen molar-refractivity contribution in [1.29, 1.82) is 0 Å². The number of phenolic OH excluding ortho intramolecular Hbond substituents is 3. The zero-order chi connectivity index (χ0) is 26.1. The first-order valence-electron chi connectivity index (χ1n) is 10.2. The highest BCUT2D eigenvalue weighted by Gasteiger charge is 2.48. The number of ether oxygens (including phenoxy) is 1. The van der Waals surface area contributed by atoms with Crippen LogP contribution in [0.25, 0.3) is 0 Å². The molecule has 1 fully saturated rings. The molecule has 0 radical (unpaired) electrons. The molecule has 1 heterocycles. The van der Waals surface area contributed by atoms with Gasteiger partial charge in [-0.2, -0.15) is 0 Å². The molecule has 35 heavy (non-hydrogen) atoms. The lowest BCUT2D eigenvalue weighted by atomic mass is 9.77. The van der Waals surface area contributed by atoms with Crippen LogP contribution in [0, 0.1) is 6.92 Å². The Balaban J connectivity index is 1.99. The van der Waals surface area contributed by atoms with Crippen LogP contribution in [-0.2, 0) is 4.74 Å². The SMILES string of the molecule is Cc1c(C(=O)O)c(O)cc2c1C(=O)c1c(O)c(C3O[C@H](CO)[C@@H](O)[C@@H](O)[C@H]3O)c(O)c(O)c1C2=O. The molecule has 0 aromatic heterocycles. The fourth-order valence-electron chi connectivity index (χ4n) is 4.58. The van der Waals surface area contributed by atoms with E-state index in [1.807, 2.05) is 0 Å². The second-order valence-electron chi connectivity index (χ2n) is 8.24. The standard InChI is InChI=1S/C22H20O13/c1-4-8-5(2-6(24)9(4)22(33)34)13(25)10-11(15(8)27)16(28)12(18(30)17(10)29)21-20(32)19(31)14(26)7(3-23)35-21/h2,7,14,19-21,23-24,26,28-32H,3H2,1H3,(H,33,34)/t7-,14-,19-,20-,21?/m1/s1. The molecule has 2 aliphatic rings. The number of ketones is 2. The number of carboxylic acids is 1. The highest BCUT2D eigenvalue weighted by Crippen LogP contribution is 2.52. The quantitative estimate of drug-likeness (QED) is 0.154. The second-order valence-corrected chi connectivity index (χ2v) is 8.24. The number of aliphatic hydroxyl groups excluding tert-OH is 4. The van der Waals surface area contributed by atoms with Crippen LogP contribution >= 0.6 is 0 Å². The summed E-state index contributed by atoms with van der Waals surface area (Å²) in [5, 5.41) is 91.5. The summed E-state index contributed by atoms with van der Waals surface area (Å²) in [4.78, 5) is 38.1. The predicted molar refractivity (Wildman–Crippen MR) is 111 cm³/mol. The minimum atomic E-state index is -2.03. The van der Waals surface area contributed by atoms with Crippen molar-refractivity contribution < 1.29 is 65.1 Å². The van der Waals surface area contributed by atoms with E-state index < -0.39 is 111 Å². The van der Waals surface area contributed by atoms with Crippen molar-refractivity contribution in [2.24, 2.45) is 0 Å². The summed E-state index contributed by atoms with van der Waals surface area (Å²) < 4.78 is 5.30. The van der Waals surface area contributed by atoms with Gasteiger partial charge in [0.25, 0.3) is 0 Å². The smallest absolute Gasteiger partial charge is 0.339 e. The molecule has 1 aliphatic carbocycles. The van der Waals surface area contributed by atoms with Gasteiger partial charge in [-0.15, -0.1) is 0 Å². The van der Waals surface area contributed by atoms with E-state index in [4.69, 9.17) is 4.74 Å². The average Bonchev–Trinajstić information content (AvgIpc) is 2.79. The largest absolute Gasteiger partial charge is 0.507 e. The van der Waals surface area contributed by atoms with Gasteiger partial charge in [0.1, 0.15) is 47.6 Å². The minimum Gasteiger partial charge on any atom is -0.507 e. The third-order valence-corrected chi connectivity index (χ3v) is 6.33. The molecule has 1 saturated heterocycles. The van der Waals surface area contributed by atoms with Crippen LogP contribution in [0.3, 0.4) is 0 Å². The van der Waals surface area contributed by atoms with Gasteiger partial charge in [-0.25, -0.2) is 4.79 Å². The lowest BCUT2D eigenvalue weighted by molar-refractivity contribution is -0.232. The van der Waals surface area contributed by atoms with Crippen LogP contribution in [0.5, 0.6) is 23.0 Å². The van der Waals surface area contributed by atoms with Crippen molar-refractivity contribution >= 4 is 17.5 Å². The Labute approximate surface area is 195 Å². The van der Waals surface area contributed by atoms with E-state index >= 15 is 0 Å². The Morgan fingerprint density at radius 2 is 1.49 bits per heavy atom. The zero-order valence-electron chi connectivity index (χ0n) is 17.8. The Hall–Kier alpha value is -3.75. The van der Waals surface area contributed by atoms with Crippen molar-refractivity contribution in [1.82, 2.24) is 0 Å². The summed E-state index contributed by atoms with van der Waals surface area (Å²) in [5.41, 5.74) is -4.49. The number of carboxylic acid groups (broad SMARTS) is 1. The highest BCUT2D eigenvalue weighted by molar-refractivity contribution is 6.31. The molecule has 2 aromatic carbocycles. The number of hydrogen-bond acceptors (Lipinski definition) is 12. The number of aromatic carboxylic acids is 1.